The molecule has 0 radical (unpaired) electrons. The largest absolute Gasteiger partial charge is 0.325 e. The zero-order valence-electron chi connectivity index (χ0n) is 28.8. The van der Waals surface area contributed by atoms with Crippen molar-refractivity contribution < 1.29 is 9.59 Å². The van der Waals surface area contributed by atoms with Crippen molar-refractivity contribution in [1.29, 1.82) is 0 Å². The van der Waals surface area contributed by atoms with Crippen LogP contribution in [-0.2, 0) is 9.59 Å². The van der Waals surface area contributed by atoms with Crippen molar-refractivity contribution in [3.8, 4) is 0 Å². The van der Waals surface area contributed by atoms with E-state index in [1.165, 1.54) is 141 Å². The smallest absolute Gasteiger partial charge is 0.223 e. The number of hydrogen-bond acceptors (Lipinski definition) is 2. The van der Waals surface area contributed by atoms with Gasteiger partial charge in [-0.05, 0) is 64.2 Å². The standard InChI is InChI=1S/C40H71NO2/c1-3-5-7-9-11-13-15-17-19-21-23-25-27-29-31-35-39(42)38-34-33-37-41(38)40(43)36-32-30-28-26-24-22-20-18-16-14-12-10-8-6-4-2/h17-20,33-34,38H,3-16,21-32,35-37H2,1-2H3/b19-17-,20-18-. The van der Waals surface area contributed by atoms with Crippen LogP contribution in [0.1, 0.15) is 194 Å². The molecule has 0 aromatic rings. The Bertz CT molecular complexity index is 737. The van der Waals surface area contributed by atoms with Gasteiger partial charge in [0.05, 0.1) is 0 Å². The summed E-state index contributed by atoms with van der Waals surface area (Å²) >= 11 is 0. The zero-order valence-corrected chi connectivity index (χ0v) is 28.8. The van der Waals surface area contributed by atoms with Crippen molar-refractivity contribution in [3.63, 3.8) is 0 Å². The van der Waals surface area contributed by atoms with E-state index in [0.29, 0.717) is 19.4 Å². The van der Waals surface area contributed by atoms with Gasteiger partial charge in [-0.1, -0.05) is 153 Å². The van der Waals surface area contributed by atoms with Gasteiger partial charge in [0.1, 0.15) is 6.04 Å². The van der Waals surface area contributed by atoms with Crippen LogP contribution in [0.4, 0.5) is 0 Å². The first-order valence-corrected chi connectivity index (χ1v) is 19.0. The molecule has 1 unspecified atom stereocenters. The molecule has 1 rings (SSSR count). The third kappa shape index (κ3) is 23.4. The molecule has 0 fully saturated rings. The summed E-state index contributed by atoms with van der Waals surface area (Å²) in [5.41, 5.74) is 0. The van der Waals surface area contributed by atoms with Crippen LogP contribution in [0.2, 0.25) is 0 Å². The molecular weight excluding hydrogens is 526 g/mol. The topological polar surface area (TPSA) is 37.4 Å². The van der Waals surface area contributed by atoms with Crippen molar-refractivity contribution in [2.45, 2.75) is 200 Å². The van der Waals surface area contributed by atoms with Crippen LogP contribution in [0.15, 0.2) is 36.5 Å². The molecule has 0 aromatic carbocycles. The van der Waals surface area contributed by atoms with E-state index in [-0.39, 0.29) is 17.7 Å². The minimum Gasteiger partial charge on any atom is -0.325 e. The van der Waals surface area contributed by atoms with E-state index < -0.39 is 0 Å². The number of unbranched alkanes of at least 4 members (excludes halogenated alkanes) is 22. The van der Waals surface area contributed by atoms with Crippen molar-refractivity contribution in [1.82, 2.24) is 4.90 Å². The van der Waals surface area contributed by atoms with Gasteiger partial charge < -0.3 is 4.90 Å². The summed E-state index contributed by atoms with van der Waals surface area (Å²) in [6.07, 6.45) is 47.5. The first-order chi connectivity index (χ1) is 21.2. The van der Waals surface area contributed by atoms with E-state index in [0.717, 1.165) is 25.7 Å². The number of amides is 1. The Morgan fingerprint density at radius 3 is 1.35 bits per heavy atom. The molecule has 1 aliphatic heterocycles. The molecule has 1 aliphatic rings. The predicted molar refractivity (Wildman–Crippen MR) is 189 cm³/mol. The maximum Gasteiger partial charge on any atom is 0.223 e. The fourth-order valence-corrected chi connectivity index (χ4v) is 6.07. The molecule has 0 aromatic heterocycles. The van der Waals surface area contributed by atoms with Crippen molar-refractivity contribution in [2.75, 3.05) is 6.54 Å². The fraction of sp³-hybridized carbons (Fsp3) is 0.800. The highest BCUT2D eigenvalue weighted by atomic mass is 16.2. The van der Waals surface area contributed by atoms with E-state index in [1.807, 2.05) is 17.1 Å². The molecule has 0 N–H and O–H groups in total. The van der Waals surface area contributed by atoms with E-state index in [4.69, 9.17) is 0 Å². The van der Waals surface area contributed by atoms with Crippen LogP contribution in [0.25, 0.3) is 0 Å². The average molecular weight is 598 g/mol. The maximum atomic E-state index is 12.8. The normalized spacial score (nSPS) is 15.0. The van der Waals surface area contributed by atoms with Crippen LogP contribution in [-0.4, -0.2) is 29.2 Å². The Morgan fingerprint density at radius 2 is 0.907 bits per heavy atom. The third-order valence-corrected chi connectivity index (χ3v) is 8.94. The van der Waals surface area contributed by atoms with Crippen LogP contribution in [0.5, 0.6) is 0 Å². The second-order valence-electron chi connectivity index (χ2n) is 13.1. The molecule has 0 spiro atoms. The summed E-state index contributed by atoms with van der Waals surface area (Å²) in [5.74, 6) is 0.384. The molecule has 0 bridgehead atoms. The Hall–Kier alpha value is -1.64. The molecule has 1 heterocycles. The Kier molecular flexibility index (Phi) is 27.8. The number of nitrogens with zero attached hydrogens (tertiary/aromatic N) is 1. The molecule has 3 nitrogen and oxygen atoms in total. The lowest BCUT2D eigenvalue weighted by atomic mass is 10.0. The number of rotatable bonds is 31. The molecular formula is C40H71NO2. The van der Waals surface area contributed by atoms with E-state index in [1.54, 1.807) is 0 Å². The summed E-state index contributed by atoms with van der Waals surface area (Å²) < 4.78 is 0. The number of hydrogen-bond donors (Lipinski definition) is 0. The number of Topliss-reactive ketones (excluding diaryl/α,β-unsaturated/α-hetero) is 1. The second kappa shape index (κ2) is 30.4. The predicted octanol–water partition coefficient (Wildman–Crippen LogP) is 12.4. The highest BCUT2D eigenvalue weighted by Gasteiger charge is 2.29. The number of carbonyl (C=O) groups excluding carboxylic acids is 2. The van der Waals surface area contributed by atoms with E-state index in [2.05, 4.69) is 38.2 Å². The first kappa shape index (κ1) is 39.4. The molecule has 1 atom stereocenters. The molecule has 248 valence electrons. The zero-order chi connectivity index (χ0) is 31.1. The number of allylic oxidation sites excluding steroid dienone is 4. The fourth-order valence-electron chi connectivity index (χ4n) is 6.07. The van der Waals surface area contributed by atoms with Gasteiger partial charge in [-0.3, -0.25) is 9.59 Å². The summed E-state index contributed by atoms with van der Waals surface area (Å²) in [6.45, 7) is 5.15. The van der Waals surface area contributed by atoms with Gasteiger partial charge in [0.2, 0.25) is 5.91 Å². The number of ketones is 1. The van der Waals surface area contributed by atoms with Crippen molar-refractivity contribution in [3.05, 3.63) is 36.5 Å². The second-order valence-corrected chi connectivity index (χ2v) is 13.1. The summed E-state index contributed by atoms with van der Waals surface area (Å²) in [6, 6.07) is -0.313. The van der Waals surface area contributed by atoms with Crippen LogP contribution < -0.4 is 0 Å². The third-order valence-electron chi connectivity index (χ3n) is 8.94. The van der Waals surface area contributed by atoms with Crippen molar-refractivity contribution >= 4 is 11.7 Å². The van der Waals surface area contributed by atoms with Gasteiger partial charge in [0.15, 0.2) is 5.78 Å². The quantitative estimate of drug-likeness (QED) is 0.0589. The van der Waals surface area contributed by atoms with Gasteiger partial charge in [0, 0.05) is 19.4 Å². The summed E-state index contributed by atoms with van der Waals surface area (Å²) in [5, 5.41) is 0. The molecule has 3 heteroatoms. The van der Waals surface area contributed by atoms with Crippen LogP contribution in [0.3, 0.4) is 0 Å². The summed E-state index contributed by atoms with van der Waals surface area (Å²) in [7, 11) is 0. The minimum absolute atomic E-state index is 0.158. The highest BCUT2D eigenvalue weighted by molar-refractivity contribution is 5.91. The van der Waals surface area contributed by atoms with Crippen molar-refractivity contribution in [2.24, 2.45) is 0 Å². The van der Waals surface area contributed by atoms with Crippen LogP contribution in [0, 0.1) is 0 Å². The molecule has 1 amide bonds. The monoisotopic (exact) mass is 598 g/mol. The Balaban J connectivity index is 1.98. The van der Waals surface area contributed by atoms with Crippen LogP contribution >= 0.6 is 0 Å². The first-order valence-electron chi connectivity index (χ1n) is 19.0. The minimum atomic E-state index is -0.313. The Morgan fingerprint density at radius 1 is 0.535 bits per heavy atom. The summed E-state index contributed by atoms with van der Waals surface area (Å²) in [4.78, 5) is 27.5. The molecule has 43 heavy (non-hydrogen) atoms. The van der Waals surface area contributed by atoms with Gasteiger partial charge in [-0.15, -0.1) is 0 Å². The van der Waals surface area contributed by atoms with Gasteiger partial charge in [0.25, 0.3) is 0 Å². The van der Waals surface area contributed by atoms with E-state index in [9.17, 15) is 9.59 Å². The van der Waals surface area contributed by atoms with Gasteiger partial charge >= 0.3 is 0 Å². The lowest BCUT2D eigenvalue weighted by Gasteiger charge is -2.23. The molecule has 0 saturated carbocycles. The lowest BCUT2D eigenvalue weighted by Crippen LogP contribution is -2.40. The highest BCUT2D eigenvalue weighted by Crippen LogP contribution is 2.18. The lowest BCUT2D eigenvalue weighted by molar-refractivity contribution is -0.136. The average Bonchev–Trinajstić information content (AvgIpc) is 3.51. The molecule has 0 aliphatic carbocycles. The SMILES string of the molecule is CCCCCCCC/C=C\CCCCCCCC(=O)C1C=CCN1C(=O)CCCCCCC/C=C\CCCCCCCC. The Labute approximate surface area is 268 Å². The maximum absolute atomic E-state index is 12.8. The van der Waals surface area contributed by atoms with Gasteiger partial charge in [-0.25, -0.2) is 0 Å². The van der Waals surface area contributed by atoms with E-state index >= 15 is 0 Å². The molecule has 0 saturated heterocycles. The number of carbonyl (C=O) groups is 2. The van der Waals surface area contributed by atoms with Gasteiger partial charge in [-0.2, -0.15) is 0 Å².